The van der Waals surface area contributed by atoms with Gasteiger partial charge in [-0.1, -0.05) is 0 Å². The number of hydrogen-bond donors (Lipinski definition) is 3. The molecule has 3 aliphatic carbocycles. The van der Waals surface area contributed by atoms with Gasteiger partial charge in [-0.25, -0.2) is 18.6 Å². The molecule has 0 saturated heterocycles. The van der Waals surface area contributed by atoms with Gasteiger partial charge in [0, 0.05) is 5.54 Å². The molecular formula is C12H12F2N4O3. The molecule has 9 heteroatoms. The molecule has 1 aromatic heterocycles. The van der Waals surface area contributed by atoms with Gasteiger partial charge in [0.05, 0.1) is 17.9 Å². The number of carbonyl (C=O) groups is 2. The Balaban J connectivity index is 1.58. The predicted molar refractivity (Wildman–Crippen MR) is 64.9 cm³/mol. The van der Waals surface area contributed by atoms with Crippen LogP contribution >= 0.6 is 0 Å². The van der Waals surface area contributed by atoms with Crippen molar-refractivity contribution in [2.45, 2.75) is 36.8 Å². The van der Waals surface area contributed by atoms with Gasteiger partial charge in [-0.05, 0) is 19.3 Å². The molecule has 21 heavy (non-hydrogen) atoms. The summed E-state index contributed by atoms with van der Waals surface area (Å²) < 4.78 is 24.7. The molecule has 3 N–H and O–H groups in total. The minimum atomic E-state index is -2.73. The Hall–Kier alpha value is -2.32. The highest BCUT2D eigenvalue weighted by atomic mass is 19.3. The molecule has 7 nitrogen and oxygen atoms in total. The van der Waals surface area contributed by atoms with Crippen LogP contribution in [0.4, 0.5) is 13.6 Å². The number of amides is 2. The van der Waals surface area contributed by atoms with Crippen molar-refractivity contribution in [3.63, 3.8) is 0 Å². The third-order valence-electron chi connectivity index (χ3n) is 3.91. The second-order valence-corrected chi connectivity index (χ2v) is 5.60. The van der Waals surface area contributed by atoms with Gasteiger partial charge in [-0.15, -0.1) is 0 Å². The first kappa shape index (κ1) is 13.7. The fourth-order valence-corrected chi connectivity index (χ4v) is 3.15. The quantitative estimate of drug-likeness (QED) is 0.771. The molecule has 3 fully saturated rings. The highest BCUT2D eigenvalue weighted by Gasteiger charge is 2.69. The Labute approximate surface area is 117 Å². The highest BCUT2D eigenvalue weighted by Crippen LogP contribution is 2.60. The maximum atomic E-state index is 12.3. The summed E-state index contributed by atoms with van der Waals surface area (Å²) >= 11 is 0. The molecule has 0 aliphatic heterocycles. The Kier molecular flexibility index (Phi) is 2.82. The van der Waals surface area contributed by atoms with Crippen molar-refractivity contribution in [2.24, 2.45) is 0 Å². The van der Waals surface area contributed by atoms with E-state index in [-0.39, 0.29) is 5.69 Å². The van der Waals surface area contributed by atoms with Crippen LogP contribution in [0.15, 0.2) is 12.4 Å². The summed E-state index contributed by atoms with van der Waals surface area (Å²) in [6.07, 6.45) is -0.345. The second kappa shape index (κ2) is 4.34. The lowest BCUT2D eigenvalue weighted by Crippen LogP contribution is -2.83. The number of aromatic nitrogens is 2. The van der Waals surface area contributed by atoms with Gasteiger partial charge in [-0.3, -0.25) is 9.78 Å². The van der Waals surface area contributed by atoms with Crippen molar-refractivity contribution in [1.82, 2.24) is 20.6 Å². The third-order valence-corrected chi connectivity index (χ3v) is 3.91. The lowest BCUT2D eigenvalue weighted by atomic mass is 9.44. The lowest BCUT2D eigenvalue weighted by Gasteiger charge is -2.69. The van der Waals surface area contributed by atoms with Crippen molar-refractivity contribution in [2.75, 3.05) is 0 Å². The first-order valence-electron chi connectivity index (χ1n) is 6.27. The van der Waals surface area contributed by atoms with Crippen LogP contribution < -0.4 is 10.6 Å². The largest absolute Gasteiger partial charge is 0.465 e. The molecule has 1 aromatic rings. The lowest BCUT2D eigenvalue weighted by molar-refractivity contribution is -0.0918. The standard InChI is InChI=1S/C12H12F2N4O3/c13-8(14)6-1-16-7(2-15-6)9(19)17-11-3-12(4-11,5-11)18-10(20)21/h1-2,8,18H,3-5H2,(H,17,19)(H,20,21). The van der Waals surface area contributed by atoms with E-state index in [4.69, 9.17) is 5.11 Å². The summed E-state index contributed by atoms with van der Waals surface area (Å²) in [5.41, 5.74) is -1.36. The molecule has 2 amide bonds. The molecule has 1 heterocycles. The van der Waals surface area contributed by atoms with Gasteiger partial charge < -0.3 is 15.7 Å². The van der Waals surface area contributed by atoms with E-state index in [2.05, 4.69) is 20.6 Å². The molecule has 0 spiro atoms. The van der Waals surface area contributed by atoms with E-state index in [0.717, 1.165) is 12.4 Å². The number of halogens is 2. The summed E-state index contributed by atoms with van der Waals surface area (Å²) in [6, 6.07) is 0. The Morgan fingerprint density at radius 1 is 1.14 bits per heavy atom. The van der Waals surface area contributed by atoms with E-state index in [1.165, 1.54) is 0 Å². The topological polar surface area (TPSA) is 104 Å². The summed E-state index contributed by atoms with van der Waals surface area (Å²) in [4.78, 5) is 29.7. The average Bonchev–Trinajstić information content (AvgIpc) is 2.34. The first-order chi connectivity index (χ1) is 9.83. The number of hydrogen-bond acceptors (Lipinski definition) is 4. The fraction of sp³-hybridized carbons (Fsp3) is 0.500. The molecule has 3 aliphatic rings. The van der Waals surface area contributed by atoms with Crippen LogP contribution in [0.1, 0.15) is 41.9 Å². The van der Waals surface area contributed by atoms with Crippen LogP contribution in [-0.4, -0.2) is 38.2 Å². The molecule has 112 valence electrons. The molecular weight excluding hydrogens is 286 g/mol. The van der Waals surface area contributed by atoms with E-state index < -0.39 is 35.2 Å². The highest BCUT2D eigenvalue weighted by molar-refractivity contribution is 5.93. The normalized spacial score (nSPS) is 29.3. The van der Waals surface area contributed by atoms with Gasteiger partial charge in [0.2, 0.25) is 0 Å². The smallest absolute Gasteiger partial charge is 0.405 e. The number of carboxylic acid groups (broad SMARTS) is 1. The van der Waals surface area contributed by atoms with E-state index in [9.17, 15) is 18.4 Å². The summed E-state index contributed by atoms with van der Waals surface area (Å²) in [5, 5.41) is 13.9. The SMILES string of the molecule is O=C(O)NC12CC(NC(=O)c3cnc(C(F)F)cn3)(C1)C2. The summed E-state index contributed by atoms with van der Waals surface area (Å²) in [7, 11) is 0. The van der Waals surface area contributed by atoms with Gasteiger partial charge in [0.15, 0.2) is 0 Å². The maximum absolute atomic E-state index is 12.3. The van der Waals surface area contributed by atoms with Crippen molar-refractivity contribution < 1.29 is 23.5 Å². The van der Waals surface area contributed by atoms with Gasteiger partial charge in [0.1, 0.15) is 11.4 Å². The van der Waals surface area contributed by atoms with Crippen molar-refractivity contribution in [3.05, 3.63) is 23.8 Å². The van der Waals surface area contributed by atoms with E-state index in [1.807, 2.05) is 0 Å². The van der Waals surface area contributed by atoms with E-state index >= 15 is 0 Å². The summed E-state index contributed by atoms with van der Waals surface area (Å²) in [6.45, 7) is 0. The number of alkyl halides is 2. The van der Waals surface area contributed by atoms with Crippen LogP contribution in [-0.2, 0) is 0 Å². The van der Waals surface area contributed by atoms with Crippen molar-refractivity contribution in [3.8, 4) is 0 Å². The zero-order valence-electron chi connectivity index (χ0n) is 10.8. The van der Waals surface area contributed by atoms with Crippen LogP contribution in [0.25, 0.3) is 0 Å². The first-order valence-corrected chi connectivity index (χ1v) is 6.27. The monoisotopic (exact) mass is 298 g/mol. The molecule has 3 saturated carbocycles. The minimum Gasteiger partial charge on any atom is -0.465 e. The number of nitrogens with zero attached hydrogens (tertiary/aromatic N) is 2. The van der Waals surface area contributed by atoms with Gasteiger partial charge in [0.25, 0.3) is 12.3 Å². The van der Waals surface area contributed by atoms with Gasteiger partial charge in [-0.2, -0.15) is 0 Å². The van der Waals surface area contributed by atoms with Gasteiger partial charge >= 0.3 is 6.09 Å². The Morgan fingerprint density at radius 2 is 1.76 bits per heavy atom. The number of carbonyl (C=O) groups excluding carboxylic acids is 1. The second-order valence-electron chi connectivity index (χ2n) is 5.60. The van der Waals surface area contributed by atoms with Crippen LogP contribution in [0.5, 0.6) is 0 Å². The van der Waals surface area contributed by atoms with E-state index in [1.54, 1.807) is 0 Å². The average molecular weight is 298 g/mol. The Bertz CT molecular complexity index is 585. The van der Waals surface area contributed by atoms with Crippen LogP contribution in [0.3, 0.4) is 0 Å². The molecule has 2 bridgehead atoms. The molecule has 0 radical (unpaired) electrons. The zero-order chi connectivity index (χ0) is 15.3. The molecule has 0 aromatic carbocycles. The Morgan fingerprint density at radius 3 is 2.24 bits per heavy atom. The third kappa shape index (κ3) is 2.28. The van der Waals surface area contributed by atoms with E-state index in [0.29, 0.717) is 19.3 Å². The number of rotatable bonds is 4. The minimum absolute atomic E-state index is 0.0376. The number of nitrogens with one attached hydrogen (secondary N) is 2. The predicted octanol–water partition coefficient (Wildman–Crippen LogP) is 1.09. The fourth-order valence-electron chi connectivity index (χ4n) is 3.15. The molecule has 0 atom stereocenters. The zero-order valence-corrected chi connectivity index (χ0v) is 10.8. The van der Waals surface area contributed by atoms with Crippen molar-refractivity contribution in [1.29, 1.82) is 0 Å². The van der Waals surface area contributed by atoms with Crippen LogP contribution in [0, 0.1) is 0 Å². The molecule has 0 unspecified atom stereocenters. The molecule has 4 rings (SSSR count). The van der Waals surface area contributed by atoms with Crippen molar-refractivity contribution >= 4 is 12.0 Å². The summed E-state index contributed by atoms with van der Waals surface area (Å²) in [5.74, 6) is -0.494. The van der Waals surface area contributed by atoms with Crippen LogP contribution in [0.2, 0.25) is 0 Å². The maximum Gasteiger partial charge on any atom is 0.405 e.